The minimum Gasteiger partial charge on any atom is -0.397 e. The van der Waals surface area contributed by atoms with E-state index in [1.54, 1.807) is 4.48 Å². The van der Waals surface area contributed by atoms with E-state index >= 15 is 0 Å². The molecule has 0 saturated heterocycles. The second kappa shape index (κ2) is 4.27. The van der Waals surface area contributed by atoms with E-state index in [1.807, 2.05) is 25.1 Å². The van der Waals surface area contributed by atoms with Crippen molar-refractivity contribution in [2.45, 2.75) is 13.3 Å². The predicted octanol–water partition coefficient (Wildman–Crippen LogP) is 3.49. The molecule has 2 radical (unpaired) electrons. The van der Waals surface area contributed by atoms with Crippen LogP contribution in [0.1, 0.15) is 18.9 Å². The highest BCUT2D eigenvalue weighted by Crippen LogP contribution is 2.27. The van der Waals surface area contributed by atoms with E-state index in [0.29, 0.717) is 0 Å². The van der Waals surface area contributed by atoms with E-state index < -0.39 is 0 Å². The molecule has 0 aliphatic heterocycles. The maximum Gasteiger partial charge on any atom is 0.234 e. The van der Waals surface area contributed by atoms with Gasteiger partial charge in [-0.2, -0.15) is 0 Å². The predicted molar refractivity (Wildman–Crippen MR) is 77.8 cm³/mol. The first-order chi connectivity index (χ1) is 8.81. The van der Waals surface area contributed by atoms with Gasteiger partial charge < -0.3 is 4.48 Å². The lowest BCUT2D eigenvalue weighted by Crippen LogP contribution is -1.90. The Bertz CT molecular complexity index is 787. The van der Waals surface area contributed by atoms with Crippen molar-refractivity contribution in [1.82, 2.24) is 4.48 Å². The molecule has 0 saturated carbocycles. The third-order valence-corrected chi connectivity index (χ3v) is 3.12. The van der Waals surface area contributed by atoms with E-state index in [-0.39, 0.29) is 0 Å². The topological polar surface area (TPSA) is 4.93 Å². The average molecular weight is 229 g/mol. The maximum atomic E-state index is 6.14. The lowest BCUT2D eigenvalue weighted by molar-refractivity contribution is 1.28. The molecular weight excluding hydrogens is 217 g/mol. The summed E-state index contributed by atoms with van der Waals surface area (Å²) in [5.74, 6) is 6.22. The molecule has 2 aromatic carbocycles. The zero-order valence-corrected chi connectivity index (χ0v) is 10.3. The van der Waals surface area contributed by atoms with Gasteiger partial charge in [0.05, 0.1) is 0 Å². The number of fused-ring (bicyclic) bond motifs is 3. The fourth-order valence-electron chi connectivity index (χ4n) is 2.27. The van der Waals surface area contributed by atoms with Crippen molar-refractivity contribution < 1.29 is 0 Å². The number of benzene rings is 2. The van der Waals surface area contributed by atoms with Crippen LogP contribution in [-0.4, -0.2) is 12.5 Å². The van der Waals surface area contributed by atoms with Crippen molar-refractivity contribution in [2.24, 2.45) is 0 Å². The Kier molecular flexibility index (Phi) is 2.61. The molecule has 0 aliphatic carbocycles. The molecule has 0 amide bonds. The molecule has 0 bridgehead atoms. The molecule has 2 heteroatoms. The van der Waals surface area contributed by atoms with Gasteiger partial charge in [0.2, 0.25) is 7.98 Å². The first-order valence-electron chi connectivity index (χ1n) is 6.08. The van der Waals surface area contributed by atoms with Crippen molar-refractivity contribution in [2.75, 3.05) is 0 Å². The van der Waals surface area contributed by atoms with E-state index in [1.165, 1.54) is 10.8 Å². The van der Waals surface area contributed by atoms with Gasteiger partial charge in [-0.05, 0) is 18.2 Å². The summed E-state index contributed by atoms with van der Waals surface area (Å²) in [5, 5.41) is 2.36. The van der Waals surface area contributed by atoms with Crippen LogP contribution in [0.5, 0.6) is 0 Å². The average Bonchev–Trinajstić information content (AvgIpc) is 2.71. The highest BCUT2D eigenvalue weighted by Gasteiger charge is 2.06. The number of para-hydroxylation sites is 1. The van der Waals surface area contributed by atoms with Crippen molar-refractivity contribution >= 4 is 29.8 Å². The molecule has 0 atom stereocenters. The SMILES string of the molecule is [B]n1c2ccccc2c2ccc(C#CCC)cc21. The van der Waals surface area contributed by atoms with Crippen LogP contribution in [0.3, 0.4) is 0 Å². The largest absolute Gasteiger partial charge is 0.397 e. The minimum absolute atomic E-state index is 0.865. The van der Waals surface area contributed by atoms with Gasteiger partial charge in [-0.1, -0.05) is 43.0 Å². The summed E-state index contributed by atoms with van der Waals surface area (Å²) < 4.78 is 1.74. The molecule has 18 heavy (non-hydrogen) atoms. The summed E-state index contributed by atoms with van der Waals surface area (Å²) in [6, 6.07) is 14.4. The number of hydrogen-bond acceptors (Lipinski definition) is 0. The number of nitrogens with zero attached hydrogens (tertiary/aromatic N) is 1. The summed E-state index contributed by atoms with van der Waals surface area (Å²) in [5.41, 5.74) is 3.09. The second-order valence-electron chi connectivity index (χ2n) is 4.27. The van der Waals surface area contributed by atoms with E-state index in [0.717, 1.165) is 23.0 Å². The quantitative estimate of drug-likeness (QED) is 0.410. The van der Waals surface area contributed by atoms with Crippen molar-refractivity contribution in [1.29, 1.82) is 0 Å². The van der Waals surface area contributed by atoms with Crippen LogP contribution in [0.25, 0.3) is 21.8 Å². The number of rotatable bonds is 0. The molecule has 1 heterocycles. The summed E-state index contributed by atoms with van der Waals surface area (Å²) in [7, 11) is 6.14. The van der Waals surface area contributed by atoms with E-state index in [4.69, 9.17) is 7.98 Å². The van der Waals surface area contributed by atoms with Crippen molar-refractivity contribution in [3.63, 3.8) is 0 Å². The smallest absolute Gasteiger partial charge is 0.234 e. The van der Waals surface area contributed by atoms with Crippen LogP contribution < -0.4 is 0 Å². The van der Waals surface area contributed by atoms with Gasteiger partial charge >= 0.3 is 0 Å². The molecular formula is C16H12BN. The van der Waals surface area contributed by atoms with Gasteiger partial charge in [0, 0.05) is 33.8 Å². The standard InChI is InChI=1S/C16H12BN/c1-2-3-6-12-9-10-14-13-7-4-5-8-15(13)18(17)16(14)11-12/h4-5,7-11H,2H2,1H3. The van der Waals surface area contributed by atoms with Crippen molar-refractivity contribution in [3.05, 3.63) is 48.0 Å². The Labute approximate surface area is 108 Å². The first kappa shape index (κ1) is 11.0. The highest BCUT2D eigenvalue weighted by molar-refractivity contribution is 6.21. The minimum atomic E-state index is 0.865. The normalized spacial score (nSPS) is 10.5. The zero-order chi connectivity index (χ0) is 12.5. The zero-order valence-electron chi connectivity index (χ0n) is 10.3. The Balaban J connectivity index is 2.35. The Morgan fingerprint density at radius 1 is 1.06 bits per heavy atom. The molecule has 1 nitrogen and oxygen atoms in total. The van der Waals surface area contributed by atoms with E-state index in [2.05, 4.69) is 36.1 Å². The highest BCUT2D eigenvalue weighted by atomic mass is 14.9. The van der Waals surface area contributed by atoms with Crippen LogP contribution in [-0.2, 0) is 0 Å². The second-order valence-corrected chi connectivity index (χ2v) is 4.27. The van der Waals surface area contributed by atoms with Crippen LogP contribution in [0.15, 0.2) is 42.5 Å². The summed E-state index contributed by atoms with van der Waals surface area (Å²) in [4.78, 5) is 0. The number of aromatic nitrogens is 1. The third-order valence-electron chi connectivity index (χ3n) is 3.12. The van der Waals surface area contributed by atoms with Crippen LogP contribution >= 0.6 is 0 Å². The molecule has 3 aromatic rings. The van der Waals surface area contributed by atoms with Crippen LogP contribution in [0, 0.1) is 11.8 Å². The summed E-state index contributed by atoms with van der Waals surface area (Å²) >= 11 is 0. The first-order valence-corrected chi connectivity index (χ1v) is 6.08. The van der Waals surface area contributed by atoms with Gasteiger partial charge in [-0.15, -0.1) is 0 Å². The van der Waals surface area contributed by atoms with Gasteiger partial charge in [-0.25, -0.2) is 0 Å². The Hall–Kier alpha value is -2.14. The van der Waals surface area contributed by atoms with Gasteiger partial charge in [-0.3, -0.25) is 0 Å². The van der Waals surface area contributed by atoms with Crippen LogP contribution in [0.2, 0.25) is 0 Å². The monoisotopic (exact) mass is 229 g/mol. The fourth-order valence-corrected chi connectivity index (χ4v) is 2.27. The lowest BCUT2D eigenvalue weighted by atomic mass is 10.1. The van der Waals surface area contributed by atoms with Crippen LogP contribution in [0.4, 0.5) is 0 Å². The molecule has 0 aliphatic rings. The molecule has 3 rings (SSSR count). The summed E-state index contributed by atoms with van der Waals surface area (Å²) in [6.45, 7) is 2.05. The molecule has 84 valence electrons. The number of hydrogen-bond donors (Lipinski definition) is 0. The van der Waals surface area contributed by atoms with E-state index in [9.17, 15) is 0 Å². The molecule has 0 spiro atoms. The molecule has 0 fully saturated rings. The summed E-state index contributed by atoms with van der Waals surface area (Å²) in [6.07, 6.45) is 0.865. The van der Waals surface area contributed by atoms with Gasteiger partial charge in [0.15, 0.2) is 0 Å². The molecule has 0 unspecified atom stereocenters. The Morgan fingerprint density at radius 3 is 2.67 bits per heavy atom. The van der Waals surface area contributed by atoms with Crippen molar-refractivity contribution in [3.8, 4) is 11.8 Å². The maximum absolute atomic E-state index is 6.14. The van der Waals surface area contributed by atoms with Gasteiger partial charge in [0.1, 0.15) is 0 Å². The lowest BCUT2D eigenvalue weighted by Gasteiger charge is -1.98. The molecule has 0 N–H and O–H groups in total. The fraction of sp³-hybridized carbons (Fsp3) is 0.125. The Morgan fingerprint density at radius 2 is 1.83 bits per heavy atom. The van der Waals surface area contributed by atoms with Gasteiger partial charge in [0.25, 0.3) is 0 Å². The molecule has 1 aromatic heterocycles. The third kappa shape index (κ3) is 1.60.